The third-order valence-electron chi connectivity index (χ3n) is 5.17. The van der Waals surface area contributed by atoms with Gasteiger partial charge in [0.05, 0.1) is 12.1 Å². The van der Waals surface area contributed by atoms with E-state index in [1.165, 1.54) is 11.8 Å². The fourth-order valence-electron chi connectivity index (χ4n) is 3.49. The highest BCUT2D eigenvalue weighted by atomic mass is 32.2. The molecular formula is C20H36N4O6S. The smallest absolute Gasteiger partial charge is 0.326 e. The molecule has 5 unspecified atom stereocenters. The summed E-state index contributed by atoms with van der Waals surface area (Å²) < 4.78 is 0. The summed E-state index contributed by atoms with van der Waals surface area (Å²) in [7, 11) is 0. The third-order valence-corrected chi connectivity index (χ3v) is 5.82. The standard InChI is InChI=1S/C20H36N4O6S/c1-11(2)10-14(20(29)30)22-18(27)16(12(3)25)23-17(26)15-6-5-8-24(15)19(28)13(21)7-9-31-4/h11-16,25H,5-10,21H2,1-4H3,(H,22,27)(H,23,26)(H,29,30). The van der Waals surface area contributed by atoms with Crippen LogP contribution in [0.1, 0.15) is 46.5 Å². The molecule has 5 atom stereocenters. The van der Waals surface area contributed by atoms with Gasteiger partial charge in [-0.2, -0.15) is 11.8 Å². The number of amides is 3. The van der Waals surface area contributed by atoms with Gasteiger partial charge in [-0.15, -0.1) is 0 Å². The van der Waals surface area contributed by atoms with Gasteiger partial charge < -0.3 is 31.5 Å². The summed E-state index contributed by atoms with van der Waals surface area (Å²) in [6.07, 6.45) is 2.41. The maximum Gasteiger partial charge on any atom is 0.326 e. The molecule has 1 aliphatic heterocycles. The number of carboxylic acids is 1. The second-order valence-corrected chi connectivity index (χ2v) is 9.32. The van der Waals surface area contributed by atoms with Crippen molar-refractivity contribution in [2.45, 2.75) is 76.7 Å². The summed E-state index contributed by atoms with van der Waals surface area (Å²) in [6.45, 7) is 5.38. The Morgan fingerprint density at radius 3 is 2.35 bits per heavy atom. The molecule has 1 aliphatic rings. The molecule has 0 aliphatic carbocycles. The zero-order valence-corrected chi connectivity index (χ0v) is 19.5. The second-order valence-electron chi connectivity index (χ2n) is 8.33. The molecule has 1 rings (SSSR count). The molecule has 0 saturated carbocycles. The van der Waals surface area contributed by atoms with E-state index in [-0.39, 0.29) is 18.2 Å². The quantitative estimate of drug-likeness (QED) is 0.261. The van der Waals surface area contributed by atoms with Gasteiger partial charge in [-0.1, -0.05) is 13.8 Å². The van der Waals surface area contributed by atoms with Crippen molar-refractivity contribution in [3.63, 3.8) is 0 Å². The number of hydrogen-bond donors (Lipinski definition) is 5. The van der Waals surface area contributed by atoms with E-state index >= 15 is 0 Å². The van der Waals surface area contributed by atoms with Crippen molar-refractivity contribution in [2.75, 3.05) is 18.6 Å². The molecule has 0 radical (unpaired) electrons. The molecule has 0 spiro atoms. The molecule has 10 nitrogen and oxygen atoms in total. The maximum absolute atomic E-state index is 12.9. The number of nitrogens with zero attached hydrogens (tertiary/aromatic N) is 1. The van der Waals surface area contributed by atoms with E-state index in [9.17, 15) is 29.4 Å². The number of carboxylic acid groups (broad SMARTS) is 1. The van der Waals surface area contributed by atoms with E-state index < -0.39 is 48.1 Å². The minimum atomic E-state index is -1.34. The molecule has 0 bridgehead atoms. The van der Waals surface area contributed by atoms with Gasteiger partial charge in [0.1, 0.15) is 18.1 Å². The zero-order chi connectivity index (χ0) is 23.7. The Bertz CT molecular complexity index is 645. The van der Waals surface area contributed by atoms with E-state index in [2.05, 4.69) is 10.6 Å². The minimum Gasteiger partial charge on any atom is -0.480 e. The first-order valence-electron chi connectivity index (χ1n) is 10.6. The van der Waals surface area contributed by atoms with E-state index in [4.69, 9.17) is 5.73 Å². The molecule has 178 valence electrons. The molecule has 1 heterocycles. The fourth-order valence-corrected chi connectivity index (χ4v) is 3.98. The van der Waals surface area contributed by atoms with Gasteiger partial charge in [0, 0.05) is 6.54 Å². The van der Waals surface area contributed by atoms with E-state index in [0.29, 0.717) is 25.8 Å². The number of nitrogens with one attached hydrogen (secondary N) is 2. The third kappa shape index (κ3) is 8.30. The number of nitrogens with two attached hydrogens (primary N) is 1. The summed E-state index contributed by atoms with van der Waals surface area (Å²) in [5, 5.41) is 24.2. The Labute approximate surface area is 187 Å². The number of likely N-dealkylation sites (tertiary alicyclic amines) is 1. The maximum atomic E-state index is 12.9. The van der Waals surface area contributed by atoms with Crippen LogP contribution >= 0.6 is 11.8 Å². The second kappa shape index (κ2) is 12.9. The van der Waals surface area contributed by atoms with Gasteiger partial charge in [-0.05, 0) is 50.5 Å². The van der Waals surface area contributed by atoms with Crippen LogP contribution in [0.2, 0.25) is 0 Å². The van der Waals surface area contributed by atoms with Crippen molar-refractivity contribution >= 4 is 35.5 Å². The van der Waals surface area contributed by atoms with Crippen molar-refractivity contribution in [2.24, 2.45) is 11.7 Å². The number of aliphatic hydroxyl groups excluding tert-OH is 1. The first kappa shape index (κ1) is 27.2. The topological polar surface area (TPSA) is 162 Å². The van der Waals surface area contributed by atoms with Crippen LogP contribution in [0.25, 0.3) is 0 Å². The van der Waals surface area contributed by atoms with Gasteiger partial charge in [0.2, 0.25) is 17.7 Å². The number of aliphatic hydroxyl groups is 1. The van der Waals surface area contributed by atoms with Gasteiger partial charge in [0.15, 0.2) is 0 Å². The number of carbonyl (C=O) groups excluding carboxylic acids is 3. The predicted octanol–water partition coefficient (Wildman–Crippen LogP) is -0.461. The highest BCUT2D eigenvalue weighted by Crippen LogP contribution is 2.19. The minimum absolute atomic E-state index is 0.0226. The van der Waals surface area contributed by atoms with Crippen LogP contribution in [0.3, 0.4) is 0 Å². The van der Waals surface area contributed by atoms with Gasteiger partial charge in [0.25, 0.3) is 0 Å². The highest BCUT2D eigenvalue weighted by molar-refractivity contribution is 7.98. The molecule has 0 aromatic rings. The SMILES string of the molecule is CSCCC(N)C(=O)N1CCCC1C(=O)NC(C(=O)NC(CC(C)C)C(=O)O)C(C)O. The Morgan fingerprint density at radius 1 is 1.19 bits per heavy atom. The number of aliphatic carboxylic acids is 1. The van der Waals surface area contributed by atoms with E-state index in [0.717, 1.165) is 5.75 Å². The number of carbonyl (C=O) groups is 4. The summed E-state index contributed by atoms with van der Waals surface area (Å²) in [6, 6.07) is -3.97. The first-order chi connectivity index (χ1) is 14.5. The number of hydrogen-bond acceptors (Lipinski definition) is 7. The van der Waals surface area contributed by atoms with Crippen LogP contribution in [-0.2, 0) is 19.2 Å². The van der Waals surface area contributed by atoms with Gasteiger partial charge in [-0.25, -0.2) is 4.79 Å². The Kier molecular flexibility index (Phi) is 11.3. The average molecular weight is 461 g/mol. The molecule has 6 N–H and O–H groups in total. The molecule has 31 heavy (non-hydrogen) atoms. The van der Waals surface area contributed by atoms with Crippen molar-refractivity contribution < 1.29 is 29.4 Å². The van der Waals surface area contributed by atoms with Crippen LogP contribution in [0.4, 0.5) is 0 Å². The van der Waals surface area contributed by atoms with Crippen LogP contribution in [0, 0.1) is 5.92 Å². The predicted molar refractivity (Wildman–Crippen MR) is 118 cm³/mol. The first-order valence-corrected chi connectivity index (χ1v) is 12.0. The highest BCUT2D eigenvalue weighted by Gasteiger charge is 2.38. The van der Waals surface area contributed by atoms with Gasteiger partial charge in [-0.3, -0.25) is 14.4 Å². The lowest BCUT2D eigenvalue weighted by Gasteiger charge is -2.29. The summed E-state index contributed by atoms with van der Waals surface area (Å²) >= 11 is 1.58. The molecule has 0 aromatic heterocycles. The fraction of sp³-hybridized carbons (Fsp3) is 0.800. The number of thioether (sulfide) groups is 1. The molecular weight excluding hydrogens is 424 g/mol. The average Bonchev–Trinajstić information content (AvgIpc) is 3.17. The largest absolute Gasteiger partial charge is 0.480 e. The lowest BCUT2D eigenvalue weighted by molar-refractivity contribution is -0.144. The molecule has 1 saturated heterocycles. The molecule has 3 amide bonds. The monoisotopic (exact) mass is 460 g/mol. The normalized spacial score (nSPS) is 20.1. The molecule has 11 heteroatoms. The van der Waals surface area contributed by atoms with Crippen molar-refractivity contribution in [3.05, 3.63) is 0 Å². The van der Waals surface area contributed by atoms with Crippen molar-refractivity contribution in [3.8, 4) is 0 Å². The zero-order valence-electron chi connectivity index (χ0n) is 18.7. The lowest BCUT2D eigenvalue weighted by atomic mass is 10.0. The summed E-state index contributed by atoms with van der Waals surface area (Å²) in [5.74, 6) is -2.11. The van der Waals surface area contributed by atoms with Gasteiger partial charge >= 0.3 is 5.97 Å². The van der Waals surface area contributed by atoms with Crippen LogP contribution in [-0.4, -0.2) is 87.6 Å². The lowest BCUT2D eigenvalue weighted by Crippen LogP contribution is -2.59. The van der Waals surface area contributed by atoms with Crippen molar-refractivity contribution in [1.29, 1.82) is 0 Å². The van der Waals surface area contributed by atoms with Crippen LogP contribution in [0.15, 0.2) is 0 Å². The van der Waals surface area contributed by atoms with E-state index in [1.54, 1.807) is 11.8 Å². The number of rotatable bonds is 12. The van der Waals surface area contributed by atoms with Crippen LogP contribution < -0.4 is 16.4 Å². The van der Waals surface area contributed by atoms with Crippen LogP contribution in [0.5, 0.6) is 0 Å². The Hall–Kier alpha value is -1.85. The molecule has 0 aromatic carbocycles. The molecule has 1 fully saturated rings. The Balaban J connectivity index is 2.85. The Morgan fingerprint density at radius 2 is 1.84 bits per heavy atom. The van der Waals surface area contributed by atoms with E-state index in [1.807, 2.05) is 20.1 Å². The summed E-state index contributed by atoms with van der Waals surface area (Å²) in [4.78, 5) is 51.0. The summed E-state index contributed by atoms with van der Waals surface area (Å²) in [5.41, 5.74) is 5.97. The van der Waals surface area contributed by atoms with Crippen molar-refractivity contribution in [1.82, 2.24) is 15.5 Å².